The zero-order valence-electron chi connectivity index (χ0n) is 17.7. The predicted octanol–water partition coefficient (Wildman–Crippen LogP) is 4.38. The Hall–Kier alpha value is -2.70. The fourth-order valence-electron chi connectivity index (χ4n) is 3.52. The monoisotopic (exact) mass is 392 g/mol. The number of nitrogens with one attached hydrogen (secondary N) is 1. The minimum atomic E-state index is -0.565. The van der Waals surface area contributed by atoms with Crippen LogP contribution in [0.25, 0.3) is 5.82 Å². The van der Waals surface area contributed by atoms with E-state index in [0.29, 0.717) is 6.61 Å². The number of aromatic nitrogens is 3. The van der Waals surface area contributed by atoms with Gasteiger partial charge in [-0.05, 0) is 56.2 Å². The first-order chi connectivity index (χ1) is 13.8. The molecule has 0 aliphatic carbocycles. The lowest BCUT2D eigenvalue weighted by Crippen LogP contribution is -2.35. The maximum atomic E-state index is 5.88. The van der Waals surface area contributed by atoms with E-state index >= 15 is 0 Å². The number of fused-ring (bicyclic) bond motifs is 1. The second-order valence-electron chi connectivity index (χ2n) is 8.12. The SMILES string of the molecule is Cc1cc(C)n(-c2ccc(CNC(C)c3ccc4c(c3)COC(C)(C)O4)cn2)n1. The van der Waals surface area contributed by atoms with Gasteiger partial charge in [0, 0.05) is 43.9 Å². The van der Waals surface area contributed by atoms with Crippen LogP contribution in [0.5, 0.6) is 5.75 Å². The third-order valence-electron chi connectivity index (χ3n) is 5.16. The summed E-state index contributed by atoms with van der Waals surface area (Å²) in [6.45, 7) is 11.4. The van der Waals surface area contributed by atoms with Crippen molar-refractivity contribution in [2.24, 2.45) is 0 Å². The molecule has 1 N–H and O–H groups in total. The molecule has 1 aromatic carbocycles. The average Bonchev–Trinajstić information content (AvgIpc) is 3.03. The summed E-state index contributed by atoms with van der Waals surface area (Å²) >= 11 is 0. The number of nitrogens with zero attached hydrogens (tertiary/aromatic N) is 3. The van der Waals surface area contributed by atoms with Gasteiger partial charge in [-0.25, -0.2) is 9.67 Å². The summed E-state index contributed by atoms with van der Waals surface area (Å²) < 4.78 is 13.5. The highest BCUT2D eigenvalue weighted by molar-refractivity contribution is 5.39. The summed E-state index contributed by atoms with van der Waals surface area (Å²) in [5, 5.41) is 8.06. The highest BCUT2D eigenvalue weighted by Crippen LogP contribution is 2.32. The first kappa shape index (κ1) is 19.6. The quantitative estimate of drug-likeness (QED) is 0.698. The molecule has 0 bridgehead atoms. The van der Waals surface area contributed by atoms with E-state index in [1.165, 1.54) is 5.56 Å². The molecular weight excluding hydrogens is 364 g/mol. The van der Waals surface area contributed by atoms with Crippen molar-refractivity contribution in [3.05, 3.63) is 70.7 Å². The Morgan fingerprint density at radius 3 is 2.69 bits per heavy atom. The van der Waals surface area contributed by atoms with Gasteiger partial charge in [0.05, 0.1) is 12.3 Å². The van der Waals surface area contributed by atoms with Crippen LogP contribution in [0, 0.1) is 13.8 Å². The largest absolute Gasteiger partial charge is 0.463 e. The maximum Gasteiger partial charge on any atom is 0.205 e. The van der Waals surface area contributed by atoms with Gasteiger partial charge in [0.25, 0.3) is 0 Å². The number of rotatable bonds is 5. The Morgan fingerprint density at radius 2 is 2.00 bits per heavy atom. The van der Waals surface area contributed by atoms with Gasteiger partial charge in [-0.1, -0.05) is 12.1 Å². The van der Waals surface area contributed by atoms with Crippen molar-refractivity contribution in [1.29, 1.82) is 0 Å². The molecule has 152 valence electrons. The van der Waals surface area contributed by atoms with Crippen LogP contribution < -0.4 is 10.1 Å². The van der Waals surface area contributed by atoms with Gasteiger partial charge < -0.3 is 14.8 Å². The molecule has 3 aromatic rings. The van der Waals surface area contributed by atoms with Crippen LogP contribution in [0.3, 0.4) is 0 Å². The summed E-state index contributed by atoms with van der Waals surface area (Å²) in [6, 6.07) is 12.7. The smallest absolute Gasteiger partial charge is 0.205 e. The molecule has 0 amide bonds. The first-order valence-corrected chi connectivity index (χ1v) is 9.98. The van der Waals surface area contributed by atoms with Crippen molar-refractivity contribution in [3.8, 4) is 11.6 Å². The van der Waals surface area contributed by atoms with E-state index in [4.69, 9.17) is 9.47 Å². The lowest BCUT2D eigenvalue weighted by Gasteiger charge is -2.33. The van der Waals surface area contributed by atoms with Crippen molar-refractivity contribution >= 4 is 0 Å². The van der Waals surface area contributed by atoms with Crippen LogP contribution >= 0.6 is 0 Å². The average molecular weight is 393 g/mol. The van der Waals surface area contributed by atoms with Crippen molar-refractivity contribution in [1.82, 2.24) is 20.1 Å². The molecule has 0 saturated carbocycles. The summed E-state index contributed by atoms with van der Waals surface area (Å²) in [6.07, 6.45) is 1.90. The highest BCUT2D eigenvalue weighted by atomic mass is 16.7. The summed E-state index contributed by atoms with van der Waals surface area (Å²) in [7, 11) is 0. The molecule has 1 atom stereocenters. The normalized spacial score (nSPS) is 16.2. The number of ether oxygens (including phenoxy) is 2. The Morgan fingerprint density at radius 1 is 1.17 bits per heavy atom. The van der Waals surface area contributed by atoms with Crippen LogP contribution in [0.4, 0.5) is 0 Å². The standard InChI is InChI=1S/C23H28N4O2/c1-15-10-16(2)27(26-15)22-9-6-18(13-25-22)12-24-17(3)19-7-8-21-20(11-19)14-28-23(4,5)29-21/h6-11,13,17,24H,12,14H2,1-5H3. The van der Waals surface area contributed by atoms with Gasteiger partial charge in [0.1, 0.15) is 5.75 Å². The second-order valence-corrected chi connectivity index (χ2v) is 8.12. The molecule has 4 rings (SSSR count). The predicted molar refractivity (Wildman–Crippen MR) is 112 cm³/mol. The molecule has 0 radical (unpaired) electrons. The molecule has 0 fully saturated rings. The summed E-state index contributed by atoms with van der Waals surface area (Å²) in [5.41, 5.74) is 5.51. The lowest BCUT2D eigenvalue weighted by atomic mass is 10.0. The zero-order valence-corrected chi connectivity index (χ0v) is 17.7. The molecule has 1 aliphatic heterocycles. The van der Waals surface area contributed by atoms with Crippen LogP contribution in [0.2, 0.25) is 0 Å². The highest BCUT2D eigenvalue weighted by Gasteiger charge is 2.27. The van der Waals surface area contributed by atoms with Crippen LogP contribution in [-0.2, 0) is 17.9 Å². The fraction of sp³-hybridized carbons (Fsp3) is 0.391. The van der Waals surface area contributed by atoms with E-state index in [0.717, 1.165) is 40.6 Å². The first-order valence-electron chi connectivity index (χ1n) is 9.98. The summed E-state index contributed by atoms with van der Waals surface area (Å²) in [5.74, 6) is 1.18. The third-order valence-corrected chi connectivity index (χ3v) is 5.16. The van der Waals surface area contributed by atoms with E-state index in [-0.39, 0.29) is 6.04 Å². The van der Waals surface area contributed by atoms with E-state index < -0.39 is 5.79 Å². The molecule has 6 heteroatoms. The van der Waals surface area contributed by atoms with Gasteiger partial charge >= 0.3 is 0 Å². The molecule has 0 saturated heterocycles. The Kier molecular flexibility index (Phi) is 5.15. The number of pyridine rings is 1. The van der Waals surface area contributed by atoms with Crippen LogP contribution in [0.1, 0.15) is 54.9 Å². The minimum absolute atomic E-state index is 0.200. The fourth-order valence-corrected chi connectivity index (χ4v) is 3.52. The topological polar surface area (TPSA) is 61.2 Å². The molecule has 1 aliphatic rings. The minimum Gasteiger partial charge on any atom is -0.463 e. The zero-order chi connectivity index (χ0) is 20.6. The molecule has 2 aromatic heterocycles. The number of aryl methyl sites for hydroxylation is 2. The number of hydrogen-bond donors (Lipinski definition) is 1. The Balaban J connectivity index is 1.40. The molecule has 1 unspecified atom stereocenters. The van der Waals surface area contributed by atoms with Gasteiger partial charge in [0.15, 0.2) is 5.82 Å². The molecule has 6 nitrogen and oxygen atoms in total. The Bertz CT molecular complexity index is 1010. The number of benzene rings is 1. The Labute approximate surface area is 171 Å². The lowest BCUT2D eigenvalue weighted by molar-refractivity contribution is -0.180. The molecule has 29 heavy (non-hydrogen) atoms. The molecular formula is C23H28N4O2. The van der Waals surface area contributed by atoms with E-state index in [9.17, 15) is 0 Å². The van der Waals surface area contributed by atoms with E-state index in [1.54, 1.807) is 0 Å². The van der Waals surface area contributed by atoms with E-state index in [2.05, 4.69) is 46.6 Å². The van der Waals surface area contributed by atoms with Crippen molar-refractivity contribution < 1.29 is 9.47 Å². The van der Waals surface area contributed by atoms with Gasteiger partial charge in [-0.15, -0.1) is 0 Å². The number of hydrogen-bond acceptors (Lipinski definition) is 5. The van der Waals surface area contributed by atoms with Crippen molar-refractivity contribution in [2.75, 3.05) is 0 Å². The summed E-state index contributed by atoms with van der Waals surface area (Å²) in [4.78, 5) is 4.57. The molecule has 0 spiro atoms. The van der Waals surface area contributed by atoms with Crippen molar-refractivity contribution in [2.45, 2.75) is 59.6 Å². The van der Waals surface area contributed by atoms with Gasteiger partial charge in [0.2, 0.25) is 5.79 Å². The van der Waals surface area contributed by atoms with Gasteiger partial charge in [-0.3, -0.25) is 0 Å². The molecule has 3 heterocycles. The second kappa shape index (κ2) is 7.61. The van der Waals surface area contributed by atoms with Crippen molar-refractivity contribution in [3.63, 3.8) is 0 Å². The van der Waals surface area contributed by atoms with Crippen LogP contribution in [0.15, 0.2) is 42.6 Å². The van der Waals surface area contributed by atoms with E-state index in [1.807, 2.05) is 50.7 Å². The van der Waals surface area contributed by atoms with Crippen LogP contribution in [-0.4, -0.2) is 20.6 Å². The maximum absolute atomic E-state index is 5.88. The third kappa shape index (κ3) is 4.33. The van der Waals surface area contributed by atoms with Gasteiger partial charge in [-0.2, -0.15) is 5.10 Å².